The van der Waals surface area contributed by atoms with Gasteiger partial charge < -0.3 is 11.2 Å². The van der Waals surface area contributed by atoms with Crippen molar-refractivity contribution in [2.45, 2.75) is 31.0 Å². The molecule has 3 aromatic rings. The molecule has 0 aliphatic rings. The number of nitrogen functional groups attached to an aromatic ring is 1. The van der Waals surface area contributed by atoms with Crippen molar-refractivity contribution >= 4 is 17.7 Å². The Morgan fingerprint density at radius 3 is 2.57 bits per heavy atom. The Labute approximate surface area is 167 Å². The van der Waals surface area contributed by atoms with Crippen molar-refractivity contribution in [3.8, 4) is 11.4 Å². The summed E-state index contributed by atoms with van der Waals surface area (Å²) in [6.45, 7) is 2.09. The Balaban J connectivity index is 1.62. The predicted octanol–water partition coefficient (Wildman–Crippen LogP) is 3.55. The van der Waals surface area contributed by atoms with Crippen LogP contribution in [0.3, 0.4) is 0 Å². The summed E-state index contributed by atoms with van der Waals surface area (Å²) in [7, 11) is 0. The zero-order valence-electron chi connectivity index (χ0n) is 15.5. The van der Waals surface area contributed by atoms with E-state index in [9.17, 15) is 9.18 Å². The number of benzene rings is 2. The molecule has 146 valence electrons. The number of rotatable bonds is 8. The zero-order chi connectivity index (χ0) is 19.9. The van der Waals surface area contributed by atoms with E-state index < -0.39 is 0 Å². The van der Waals surface area contributed by atoms with Crippen LogP contribution < -0.4 is 11.2 Å². The molecule has 1 atom stereocenters. The number of aromatic nitrogens is 3. The summed E-state index contributed by atoms with van der Waals surface area (Å²) in [6, 6.07) is 15.7. The zero-order valence-corrected chi connectivity index (χ0v) is 16.3. The lowest BCUT2D eigenvalue weighted by Gasteiger charge is -2.18. The maximum Gasteiger partial charge on any atom is 0.230 e. The molecule has 1 aromatic heterocycles. The fourth-order valence-corrected chi connectivity index (χ4v) is 3.50. The summed E-state index contributed by atoms with van der Waals surface area (Å²) in [6.07, 6.45) is 1.83. The van der Waals surface area contributed by atoms with E-state index in [1.54, 1.807) is 12.1 Å². The lowest BCUT2D eigenvalue weighted by Crippen LogP contribution is -2.30. The van der Waals surface area contributed by atoms with Crippen LogP contribution in [0.25, 0.3) is 11.4 Å². The van der Waals surface area contributed by atoms with Crippen LogP contribution in [0.4, 0.5) is 4.39 Å². The SMILES string of the molecule is CCC[C@H](NC(=O)CSc1nnc(-c2ccc(F)cc2)n1N)c1ccccc1. The van der Waals surface area contributed by atoms with Gasteiger partial charge in [0.05, 0.1) is 11.8 Å². The maximum atomic E-state index is 13.1. The van der Waals surface area contributed by atoms with E-state index in [0.29, 0.717) is 16.5 Å². The molecule has 0 fully saturated rings. The summed E-state index contributed by atoms with van der Waals surface area (Å²) in [5.74, 6) is 6.20. The van der Waals surface area contributed by atoms with Gasteiger partial charge in [0, 0.05) is 5.56 Å². The van der Waals surface area contributed by atoms with Crippen LogP contribution in [-0.2, 0) is 4.79 Å². The highest BCUT2D eigenvalue weighted by atomic mass is 32.2. The molecule has 1 amide bonds. The topological polar surface area (TPSA) is 85.8 Å². The summed E-state index contributed by atoms with van der Waals surface area (Å²) in [4.78, 5) is 12.4. The minimum absolute atomic E-state index is 0.0233. The third-order valence-electron chi connectivity index (χ3n) is 4.21. The Kier molecular flexibility index (Phi) is 6.65. The third kappa shape index (κ3) is 4.89. The second-order valence-electron chi connectivity index (χ2n) is 6.29. The molecule has 3 rings (SSSR count). The second-order valence-corrected chi connectivity index (χ2v) is 7.23. The molecular weight excluding hydrogens is 377 g/mol. The first-order chi connectivity index (χ1) is 13.6. The lowest BCUT2D eigenvalue weighted by atomic mass is 10.0. The van der Waals surface area contributed by atoms with Crippen molar-refractivity contribution in [1.82, 2.24) is 20.2 Å². The number of halogens is 1. The Hall–Kier alpha value is -2.87. The van der Waals surface area contributed by atoms with Crippen LogP contribution >= 0.6 is 11.8 Å². The number of thioether (sulfide) groups is 1. The molecule has 0 radical (unpaired) electrons. The molecule has 0 saturated carbocycles. The molecule has 1 heterocycles. The molecule has 0 spiro atoms. The number of carbonyl (C=O) groups is 1. The first kappa shape index (κ1) is 19.9. The Bertz CT molecular complexity index is 914. The van der Waals surface area contributed by atoms with Gasteiger partial charge >= 0.3 is 0 Å². The summed E-state index contributed by atoms with van der Waals surface area (Å²) in [5, 5.41) is 11.6. The van der Waals surface area contributed by atoms with Gasteiger partial charge in [-0.1, -0.05) is 55.4 Å². The molecular formula is C20H22FN5OS. The van der Waals surface area contributed by atoms with E-state index in [1.165, 1.54) is 28.6 Å². The molecule has 28 heavy (non-hydrogen) atoms. The van der Waals surface area contributed by atoms with Gasteiger partial charge in [-0.3, -0.25) is 4.79 Å². The molecule has 3 N–H and O–H groups in total. The maximum absolute atomic E-state index is 13.1. The quantitative estimate of drug-likeness (QED) is 0.447. The van der Waals surface area contributed by atoms with Crippen molar-refractivity contribution in [3.63, 3.8) is 0 Å². The number of hydrogen-bond acceptors (Lipinski definition) is 5. The normalized spacial score (nSPS) is 11.9. The fourth-order valence-electron chi connectivity index (χ4n) is 2.83. The smallest absolute Gasteiger partial charge is 0.230 e. The molecule has 0 saturated heterocycles. The van der Waals surface area contributed by atoms with Crippen molar-refractivity contribution in [1.29, 1.82) is 0 Å². The minimum Gasteiger partial charge on any atom is -0.349 e. The number of carbonyl (C=O) groups excluding carboxylic acids is 1. The van der Waals surface area contributed by atoms with Crippen LogP contribution in [0.2, 0.25) is 0 Å². The van der Waals surface area contributed by atoms with Crippen molar-refractivity contribution < 1.29 is 9.18 Å². The van der Waals surface area contributed by atoms with Gasteiger partial charge in [-0.2, -0.15) is 0 Å². The molecule has 0 aliphatic heterocycles. The van der Waals surface area contributed by atoms with Gasteiger partial charge in [-0.05, 0) is 36.2 Å². The molecule has 8 heteroatoms. The van der Waals surface area contributed by atoms with Gasteiger partial charge in [0.25, 0.3) is 0 Å². The molecule has 0 bridgehead atoms. The van der Waals surface area contributed by atoms with Crippen LogP contribution in [0, 0.1) is 5.82 Å². The molecule has 2 aromatic carbocycles. The molecule has 0 aliphatic carbocycles. The minimum atomic E-state index is -0.335. The molecule has 0 unspecified atom stereocenters. The highest BCUT2D eigenvalue weighted by Gasteiger charge is 2.17. The molecule has 6 nitrogen and oxygen atoms in total. The van der Waals surface area contributed by atoms with Crippen molar-refractivity contribution in [2.75, 3.05) is 11.6 Å². The van der Waals surface area contributed by atoms with E-state index in [0.717, 1.165) is 18.4 Å². The predicted molar refractivity (Wildman–Crippen MR) is 109 cm³/mol. The van der Waals surface area contributed by atoms with Crippen LogP contribution in [0.1, 0.15) is 31.4 Å². The standard InChI is InChI=1S/C20H22FN5OS/c1-2-6-17(14-7-4-3-5-8-14)23-18(27)13-28-20-25-24-19(26(20)22)15-9-11-16(21)12-10-15/h3-5,7-12,17H,2,6,13,22H2,1H3,(H,23,27)/t17-/m0/s1. The highest BCUT2D eigenvalue weighted by Crippen LogP contribution is 2.23. The van der Waals surface area contributed by atoms with Crippen LogP contribution in [0.15, 0.2) is 59.8 Å². The average Bonchev–Trinajstić information content (AvgIpc) is 3.08. The summed E-state index contributed by atoms with van der Waals surface area (Å²) in [5.41, 5.74) is 1.74. The number of nitrogens with one attached hydrogen (secondary N) is 1. The first-order valence-electron chi connectivity index (χ1n) is 9.02. The second kappa shape index (κ2) is 9.36. The van der Waals surface area contributed by atoms with Gasteiger partial charge in [-0.25, -0.2) is 9.07 Å². The van der Waals surface area contributed by atoms with E-state index in [4.69, 9.17) is 5.84 Å². The van der Waals surface area contributed by atoms with Crippen molar-refractivity contribution in [3.05, 3.63) is 66.0 Å². The van der Waals surface area contributed by atoms with Crippen molar-refractivity contribution in [2.24, 2.45) is 0 Å². The first-order valence-corrected chi connectivity index (χ1v) is 10.0. The average molecular weight is 399 g/mol. The number of nitrogens with two attached hydrogens (primary N) is 1. The Morgan fingerprint density at radius 1 is 1.18 bits per heavy atom. The third-order valence-corrected chi connectivity index (χ3v) is 5.16. The fraction of sp³-hybridized carbons (Fsp3) is 0.250. The van der Waals surface area contributed by atoms with E-state index in [-0.39, 0.29) is 23.5 Å². The Morgan fingerprint density at radius 2 is 1.89 bits per heavy atom. The number of nitrogens with zero attached hydrogens (tertiary/aromatic N) is 3. The van der Waals surface area contributed by atoms with E-state index in [2.05, 4.69) is 22.4 Å². The summed E-state index contributed by atoms with van der Waals surface area (Å²) >= 11 is 1.21. The highest BCUT2D eigenvalue weighted by molar-refractivity contribution is 7.99. The monoisotopic (exact) mass is 399 g/mol. The van der Waals surface area contributed by atoms with Gasteiger partial charge in [-0.15, -0.1) is 10.2 Å². The van der Waals surface area contributed by atoms with Gasteiger partial charge in [0.1, 0.15) is 5.82 Å². The van der Waals surface area contributed by atoms with E-state index >= 15 is 0 Å². The van der Waals surface area contributed by atoms with E-state index in [1.807, 2.05) is 30.3 Å². The van der Waals surface area contributed by atoms with Crippen LogP contribution in [-0.4, -0.2) is 26.5 Å². The lowest BCUT2D eigenvalue weighted by molar-refractivity contribution is -0.119. The van der Waals surface area contributed by atoms with Gasteiger partial charge in [0.15, 0.2) is 5.82 Å². The van der Waals surface area contributed by atoms with Crippen LogP contribution in [0.5, 0.6) is 0 Å². The number of hydrogen-bond donors (Lipinski definition) is 2. The summed E-state index contributed by atoms with van der Waals surface area (Å²) < 4.78 is 14.4. The van der Waals surface area contributed by atoms with Gasteiger partial charge in [0.2, 0.25) is 11.1 Å². The number of amides is 1. The largest absolute Gasteiger partial charge is 0.349 e.